The molecule has 2 fully saturated rings. The maximum Gasteiger partial charge on any atom is 0.253 e. The first-order valence-electron chi connectivity index (χ1n) is 11.6. The molecule has 4 heterocycles. The highest BCUT2D eigenvalue weighted by Crippen LogP contribution is 2.30. The molecule has 9 nitrogen and oxygen atoms in total. The molecule has 0 amide bonds. The van der Waals surface area contributed by atoms with Gasteiger partial charge in [0.05, 0.1) is 25.3 Å². The number of methoxy groups -OCH3 is 1. The maximum atomic E-state index is 13.3. The van der Waals surface area contributed by atoms with Crippen molar-refractivity contribution in [2.75, 3.05) is 26.8 Å². The molecule has 0 bridgehead atoms. The van der Waals surface area contributed by atoms with Gasteiger partial charge < -0.3 is 14.5 Å². The molecule has 2 atom stereocenters. The second-order valence-corrected chi connectivity index (χ2v) is 8.71. The lowest BCUT2D eigenvalue weighted by Crippen LogP contribution is -2.36. The molecule has 0 spiro atoms. The Morgan fingerprint density at radius 1 is 1.19 bits per heavy atom. The normalized spacial score (nSPS) is 21.0. The topological polar surface area (TPSA) is 98.2 Å². The Labute approximate surface area is 186 Å². The van der Waals surface area contributed by atoms with E-state index in [-0.39, 0.29) is 17.7 Å². The van der Waals surface area contributed by atoms with E-state index in [0.29, 0.717) is 23.7 Å². The molecule has 3 aromatic rings. The summed E-state index contributed by atoms with van der Waals surface area (Å²) in [5.41, 5.74) is 1.31. The number of fused-ring (bicyclic) bond motifs is 1. The van der Waals surface area contributed by atoms with E-state index < -0.39 is 0 Å². The van der Waals surface area contributed by atoms with Crippen LogP contribution in [0.4, 0.5) is 0 Å². The van der Waals surface area contributed by atoms with Gasteiger partial charge in [0.25, 0.3) is 5.56 Å². The maximum absolute atomic E-state index is 13.3. The Bertz CT molecular complexity index is 1110. The average Bonchev–Trinajstić information content (AvgIpc) is 3.41. The first-order valence-corrected chi connectivity index (χ1v) is 11.6. The highest BCUT2D eigenvalue weighted by molar-refractivity contribution is 5.80. The summed E-state index contributed by atoms with van der Waals surface area (Å²) in [5, 5.41) is 13.7. The van der Waals surface area contributed by atoms with Crippen LogP contribution in [0.15, 0.2) is 29.1 Å². The van der Waals surface area contributed by atoms with Gasteiger partial charge in [-0.15, -0.1) is 5.10 Å². The number of pyridine rings is 1. The van der Waals surface area contributed by atoms with Crippen LogP contribution in [-0.2, 0) is 11.3 Å². The zero-order valence-electron chi connectivity index (χ0n) is 18.5. The molecule has 2 saturated heterocycles. The first-order chi connectivity index (χ1) is 15.7. The molecular formula is C23H30N6O3. The number of aromatic nitrogens is 5. The predicted octanol–water partition coefficient (Wildman–Crippen LogP) is 2.67. The van der Waals surface area contributed by atoms with Crippen LogP contribution in [0.2, 0.25) is 0 Å². The number of aromatic amines is 1. The first kappa shape index (κ1) is 21.1. The van der Waals surface area contributed by atoms with Crippen LogP contribution in [-0.4, -0.2) is 63.0 Å². The number of hydrogen-bond acceptors (Lipinski definition) is 7. The van der Waals surface area contributed by atoms with E-state index in [1.165, 1.54) is 12.8 Å². The van der Waals surface area contributed by atoms with Crippen molar-refractivity contribution in [1.29, 1.82) is 0 Å². The number of ether oxygens (including phenoxy) is 2. The number of tetrazole rings is 1. The van der Waals surface area contributed by atoms with E-state index in [4.69, 9.17) is 9.47 Å². The second-order valence-electron chi connectivity index (χ2n) is 8.71. The molecule has 0 saturated carbocycles. The number of rotatable bonds is 6. The Morgan fingerprint density at radius 3 is 2.78 bits per heavy atom. The Kier molecular flexibility index (Phi) is 6.18. The monoisotopic (exact) mass is 438 g/mol. The van der Waals surface area contributed by atoms with Crippen LogP contribution >= 0.6 is 0 Å². The average molecular weight is 439 g/mol. The minimum atomic E-state index is -0.306. The van der Waals surface area contributed by atoms with Crippen LogP contribution < -0.4 is 10.3 Å². The molecule has 0 unspecified atom stereocenters. The molecule has 1 aromatic carbocycles. The van der Waals surface area contributed by atoms with Gasteiger partial charge in [0.15, 0.2) is 5.82 Å². The molecule has 2 aliphatic heterocycles. The van der Waals surface area contributed by atoms with E-state index in [9.17, 15) is 4.79 Å². The lowest BCUT2D eigenvalue weighted by atomic mass is 10.0. The zero-order valence-corrected chi connectivity index (χ0v) is 18.5. The Balaban J connectivity index is 1.59. The highest BCUT2D eigenvalue weighted by Gasteiger charge is 2.31. The summed E-state index contributed by atoms with van der Waals surface area (Å²) in [7, 11) is 1.62. The Hall–Kier alpha value is -2.78. The lowest BCUT2D eigenvalue weighted by Gasteiger charge is -2.30. The highest BCUT2D eigenvalue weighted by atomic mass is 16.5. The van der Waals surface area contributed by atoms with Crippen molar-refractivity contribution in [1.82, 2.24) is 30.1 Å². The third-order valence-electron chi connectivity index (χ3n) is 6.59. The van der Waals surface area contributed by atoms with Gasteiger partial charge in [0.2, 0.25) is 0 Å². The minimum Gasteiger partial charge on any atom is -0.497 e. The standard InChI is InChI=1S/C23H30N6O3/c1-31-17-9-8-16-13-19(23(30)24-20(16)14-17)21(28-10-4-2-3-5-11-28)22-25-26-27-29(22)15-18-7-6-12-32-18/h8-9,13-14,18,21H,2-7,10-12,15H2,1H3,(H,24,30)/t18-,21-/m1/s1. The van der Waals surface area contributed by atoms with Crippen LogP contribution in [0, 0.1) is 0 Å². The van der Waals surface area contributed by atoms with Crippen LogP contribution in [0.3, 0.4) is 0 Å². The smallest absolute Gasteiger partial charge is 0.253 e. The molecule has 32 heavy (non-hydrogen) atoms. The molecule has 9 heteroatoms. The van der Waals surface area contributed by atoms with Gasteiger partial charge in [0.1, 0.15) is 11.8 Å². The summed E-state index contributed by atoms with van der Waals surface area (Å²) in [6.45, 7) is 3.22. The number of hydrogen-bond donors (Lipinski definition) is 1. The van der Waals surface area contributed by atoms with Gasteiger partial charge in [-0.05, 0) is 72.8 Å². The molecule has 1 N–H and O–H groups in total. The van der Waals surface area contributed by atoms with E-state index in [1.54, 1.807) is 7.11 Å². The summed E-state index contributed by atoms with van der Waals surface area (Å²) >= 11 is 0. The third kappa shape index (κ3) is 4.27. The number of benzene rings is 1. The van der Waals surface area contributed by atoms with Gasteiger partial charge in [-0.2, -0.15) is 0 Å². The fourth-order valence-electron chi connectivity index (χ4n) is 4.90. The van der Waals surface area contributed by atoms with Crippen molar-refractivity contribution in [3.8, 4) is 5.75 Å². The predicted molar refractivity (Wildman–Crippen MR) is 120 cm³/mol. The third-order valence-corrected chi connectivity index (χ3v) is 6.59. The summed E-state index contributed by atoms with van der Waals surface area (Å²) in [4.78, 5) is 18.8. The minimum absolute atomic E-state index is 0.115. The van der Waals surface area contributed by atoms with E-state index in [0.717, 1.165) is 56.3 Å². The fraction of sp³-hybridized carbons (Fsp3) is 0.565. The van der Waals surface area contributed by atoms with Crippen molar-refractivity contribution < 1.29 is 9.47 Å². The van der Waals surface area contributed by atoms with Gasteiger partial charge in [-0.25, -0.2) is 4.68 Å². The number of H-pyrrole nitrogens is 1. The van der Waals surface area contributed by atoms with Gasteiger partial charge in [-0.3, -0.25) is 9.69 Å². The van der Waals surface area contributed by atoms with E-state index in [2.05, 4.69) is 25.4 Å². The number of nitrogens with zero attached hydrogens (tertiary/aromatic N) is 5. The van der Waals surface area contributed by atoms with Crippen molar-refractivity contribution >= 4 is 10.9 Å². The van der Waals surface area contributed by atoms with Crippen molar-refractivity contribution in [2.24, 2.45) is 0 Å². The lowest BCUT2D eigenvalue weighted by molar-refractivity contribution is 0.0909. The van der Waals surface area contributed by atoms with Crippen LogP contribution in [0.5, 0.6) is 5.75 Å². The zero-order chi connectivity index (χ0) is 21.9. The van der Waals surface area contributed by atoms with Gasteiger partial charge >= 0.3 is 0 Å². The van der Waals surface area contributed by atoms with Crippen molar-refractivity contribution in [3.63, 3.8) is 0 Å². The van der Waals surface area contributed by atoms with Gasteiger partial charge in [0, 0.05) is 18.2 Å². The summed E-state index contributed by atoms with van der Waals surface area (Å²) in [5.74, 6) is 1.42. The largest absolute Gasteiger partial charge is 0.497 e. The summed E-state index contributed by atoms with van der Waals surface area (Å²) in [6.07, 6.45) is 6.80. The molecule has 0 aliphatic carbocycles. The van der Waals surface area contributed by atoms with Crippen molar-refractivity contribution in [2.45, 2.75) is 57.2 Å². The van der Waals surface area contributed by atoms with Crippen molar-refractivity contribution in [3.05, 3.63) is 46.0 Å². The molecular weight excluding hydrogens is 408 g/mol. The molecule has 2 aliphatic rings. The SMILES string of the molecule is COc1ccc2cc([C@H](c3nnnn3C[C@H]3CCCO3)N3CCCCCC3)c(=O)[nH]c2c1. The fourth-order valence-corrected chi connectivity index (χ4v) is 4.90. The molecule has 170 valence electrons. The molecule has 0 radical (unpaired) electrons. The summed E-state index contributed by atoms with van der Waals surface area (Å²) < 4.78 is 13.0. The Morgan fingerprint density at radius 2 is 2.03 bits per heavy atom. The number of nitrogens with one attached hydrogen (secondary N) is 1. The molecule has 2 aromatic heterocycles. The molecule has 5 rings (SSSR count). The summed E-state index contributed by atoms with van der Waals surface area (Å²) in [6, 6.07) is 7.41. The van der Waals surface area contributed by atoms with E-state index in [1.807, 2.05) is 28.9 Å². The van der Waals surface area contributed by atoms with Gasteiger partial charge in [-0.1, -0.05) is 12.8 Å². The quantitative estimate of drug-likeness (QED) is 0.632. The number of likely N-dealkylation sites (tertiary alicyclic amines) is 1. The van der Waals surface area contributed by atoms with E-state index >= 15 is 0 Å². The van der Waals surface area contributed by atoms with Crippen LogP contribution in [0.25, 0.3) is 10.9 Å². The second kappa shape index (κ2) is 9.38. The van der Waals surface area contributed by atoms with Crippen LogP contribution in [0.1, 0.15) is 56.0 Å².